The van der Waals surface area contributed by atoms with E-state index in [2.05, 4.69) is 41.4 Å². The Hall–Kier alpha value is -3.73. The van der Waals surface area contributed by atoms with Gasteiger partial charge in [0.15, 0.2) is 0 Å². The summed E-state index contributed by atoms with van der Waals surface area (Å²) in [6.07, 6.45) is 5.03. The number of amides is 1. The predicted molar refractivity (Wildman–Crippen MR) is 122 cm³/mol. The lowest BCUT2D eigenvalue weighted by atomic mass is 9.86. The number of nitrogens with one attached hydrogen (secondary N) is 2. The second-order valence-corrected chi connectivity index (χ2v) is 8.22. The molecule has 5 nitrogen and oxygen atoms in total. The summed E-state index contributed by atoms with van der Waals surface area (Å²) in [6, 6.07) is 19.5. The number of aromatic nitrogens is 2. The SMILES string of the molecule is CC(C)(C)c1ccccc1NC(=O)c1cncc(Nc2cccc3cccnc23)c1. The van der Waals surface area contributed by atoms with Crippen molar-refractivity contribution in [2.45, 2.75) is 26.2 Å². The van der Waals surface area contributed by atoms with Gasteiger partial charge in [-0.3, -0.25) is 14.8 Å². The van der Waals surface area contributed by atoms with E-state index in [0.717, 1.165) is 33.5 Å². The highest BCUT2D eigenvalue weighted by Crippen LogP contribution is 2.30. The molecule has 0 saturated carbocycles. The monoisotopic (exact) mass is 396 g/mol. The summed E-state index contributed by atoms with van der Waals surface area (Å²) < 4.78 is 0. The molecule has 0 fully saturated rings. The second-order valence-electron chi connectivity index (χ2n) is 8.22. The standard InChI is InChI=1S/C25H24N4O/c1-25(2,3)20-10-4-5-11-21(20)29-24(30)18-14-19(16-26-15-18)28-22-12-6-8-17-9-7-13-27-23(17)22/h4-16,28H,1-3H3,(H,29,30). The van der Waals surface area contributed by atoms with Gasteiger partial charge in [-0.1, -0.05) is 57.2 Å². The van der Waals surface area contributed by atoms with E-state index in [1.165, 1.54) is 0 Å². The molecule has 2 N–H and O–H groups in total. The number of anilines is 3. The number of fused-ring (bicyclic) bond motifs is 1. The Morgan fingerprint density at radius 2 is 1.67 bits per heavy atom. The molecule has 30 heavy (non-hydrogen) atoms. The van der Waals surface area contributed by atoms with Gasteiger partial charge in [-0.15, -0.1) is 0 Å². The fourth-order valence-electron chi connectivity index (χ4n) is 3.43. The molecule has 0 bridgehead atoms. The molecule has 0 saturated heterocycles. The van der Waals surface area contributed by atoms with E-state index in [0.29, 0.717) is 5.56 Å². The minimum atomic E-state index is -0.195. The molecule has 0 atom stereocenters. The first kappa shape index (κ1) is 19.6. The van der Waals surface area contributed by atoms with Gasteiger partial charge in [0.05, 0.1) is 28.7 Å². The molecule has 2 aromatic heterocycles. The molecule has 150 valence electrons. The van der Waals surface area contributed by atoms with Gasteiger partial charge in [-0.2, -0.15) is 0 Å². The molecule has 4 aromatic rings. The van der Waals surface area contributed by atoms with E-state index in [4.69, 9.17) is 0 Å². The molecule has 1 amide bonds. The van der Waals surface area contributed by atoms with Gasteiger partial charge in [0, 0.05) is 23.5 Å². The lowest BCUT2D eigenvalue weighted by Gasteiger charge is -2.23. The van der Waals surface area contributed by atoms with Crippen molar-refractivity contribution in [1.29, 1.82) is 0 Å². The third-order valence-corrected chi connectivity index (χ3v) is 4.90. The first-order valence-corrected chi connectivity index (χ1v) is 9.88. The van der Waals surface area contributed by atoms with Crippen LogP contribution in [0.1, 0.15) is 36.7 Å². The topological polar surface area (TPSA) is 66.9 Å². The molecule has 0 unspecified atom stereocenters. The minimum absolute atomic E-state index is 0.0765. The third kappa shape index (κ3) is 4.15. The molecule has 0 aliphatic heterocycles. The van der Waals surface area contributed by atoms with E-state index >= 15 is 0 Å². The first-order valence-electron chi connectivity index (χ1n) is 9.88. The first-order chi connectivity index (χ1) is 14.4. The largest absolute Gasteiger partial charge is 0.352 e. The molecule has 5 heteroatoms. The summed E-state index contributed by atoms with van der Waals surface area (Å²) in [5.41, 5.74) is 4.77. The van der Waals surface area contributed by atoms with Gasteiger partial charge in [0.2, 0.25) is 0 Å². The van der Waals surface area contributed by atoms with Crippen LogP contribution in [0.2, 0.25) is 0 Å². The zero-order chi connectivity index (χ0) is 21.1. The third-order valence-electron chi connectivity index (χ3n) is 4.90. The Morgan fingerprint density at radius 1 is 0.900 bits per heavy atom. The zero-order valence-electron chi connectivity index (χ0n) is 17.3. The van der Waals surface area contributed by atoms with Crippen LogP contribution in [0.25, 0.3) is 10.9 Å². The molecule has 0 spiro atoms. The Labute approximate surface area is 176 Å². The Morgan fingerprint density at radius 3 is 2.50 bits per heavy atom. The van der Waals surface area contributed by atoms with Crippen LogP contribution in [0, 0.1) is 0 Å². The van der Waals surface area contributed by atoms with Crippen molar-refractivity contribution in [3.8, 4) is 0 Å². The Balaban J connectivity index is 1.59. The maximum absolute atomic E-state index is 12.9. The summed E-state index contributed by atoms with van der Waals surface area (Å²) in [5.74, 6) is -0.195. The molecule has 2 aromatic carbocycles. The van der Waals surface area contributed by atoms with Gasteiger partial charge in [0.25, 0.3) is 5.91 Å². The van der Waals surface area contributed by atoms with Crippen LogP contribution in [0.15, 0.2) is 79.3 Å². The molecule has 4 rings (SSSR count). The average molecular weight is 396 g/mol. The quantitative estimate of drug-likeness (QED) is 0.449. The van der Waals surface area contributed by atoms with Crippen LogP contribution in [0.5, 0.6) is 0 Å². The lowest BCUT2D eigenvalue weighted by molar-refractivity contribution is 0.102. The average Bonchev–Trinajstić information content (AvgIpc) is 2.74. The van der Waals surface area contributed by atoms with Gasteiger partial charge in [-0.25, -0.2) is 0 Å². The van der Waals surface area contributed by atoms with Crippen molar-refractivity contribution in [3.05, 3.63) is 90.4 Å². The van der Waals surface area contributed by atoms with E-state index in [-0.39, 0.29) is 11.3 Å². The second kappa shape index (κ2) is 7.95. The summed E-state index contributed by atoms with van der Waals surface area (Å²) in [6.45, 7) is 6.38. The van der Waals surface area contributed by atoms with E-state index in [9.17, 15) is 4.79 Å². The summed E-state index contributed by atoms with van der Waals surface area (Å²) in [7, 11) is 0. The van der Waals surface area contributed by atoms with Crippen molar-refractivity contribution in [2.75, 3.05) is 10.6 Å². The van der Waals surface area contributed by atoms with Crippen LogP contribution in [0.3, 0.4) is 0 Å². The highest BCUT2D eigenvalue weighted by atomic mass is 16.1. The molecule has 2 heterocycles. The number of hydrogen-bond donors (Lipinski definition) is 2. The smallest absolute Gasteiger partial charge is 0.257 e. The number of benzene rings is 2. The molecule has 0 aliphatic carbocycles. The number of pyridine rings is 2. The van der Waals surface area contributed by atoms with Crippen molar-refractivity contribution in [1.82, 2.24) is 9.97 Å². The minimum Gasteiger partial charge on any atom is -0.352 e. The lowest BCUT2D eigenvalue weighted by Crippen LogP contribution is -2.18. The van der Waals surface area contributed by atoms with E-state index < -0.39 is 0 Å². The van der Waals surface area contributed by atoms with E-state index in [1.807, 2.05) is 54.6 Å². The molecule has 0 radical (unpaired) electrons. The van der Waals surface area contributed by atoms with Gasteiger partial charge >= 0.3 is 0 Å². The van der Waals surface area contributed by atoms with Crippen molar-refractivity contribution < 1.29 is 4.79 Å². The van der Waals surface area contributed by atoms with Gasteiger partial charge in [0.1, 0.15) is 0 Å². The fourth-order valence-corrected chi connectivity index (χ4v) is 3.43. The fraction of sp³-hybridized carbons (Fsp3) is 0.160. The maximum Gasteiger partial charge on any atom is 0.257 e. The highest BCUT2D eigenvalue weighted by molar-refractivity contribution is 6.05. The van der Waals surface area contributed by atoms with Crippen molar-refractivity contribution in [3.63, 3.8) is 0 Å². The molecule has 0 aliphatic rings. The van der Waals surface area contributed by atoms with Crippen LogP contribution in [-0.4, -0.2) is 15.9 Å². The highest BCUT2D eigenvalue weighted by Gasteiger charge is 2.19. The zero-order valence-corrected chi connectivity index (χ0v) is 17.3. The summed E-state index contributed by atoms with van der Waals surface area (Å²) in [5, 5.41) is 7.42. The summed E-state index contributed by atoms with van der Waals surface area (Å²) in [4.78, 5) is 21.6. The Bertz CT molecular complexity index is 1210. The normalized spacial score (nSPS) is 11.3. The predicted octanol–water partition coefficient (Wildman–Crippen LogP) is 5.92. The van der Waals surface area contributed by atoms with Crippen LogP contribution >= 0.6 is 0 Å². The van der Waals surface area contributed by atoms with Crippen LogP contribution < -0.4 is 10.6 Å². The van der Waals surface area contributed by atoms with Crippen LogP contribution in [0.4, 0.5) is 17.1 Å². The molecular weight excluding hydrogens is 372 g/mol. The number of hydrogen-bond acceptors (Lipinski definition) is 4. The van der Waals surface area contributed by atoms with Gasteiger partial charge in [-0.05, 0) is 35.2 Å². The summed E-state index contributed by atoms with van der Waals surface area (Å²) >= 11 is 0. The Kier molecular flexibility index (Phi) is 5.19. The number of carbonyl (C=O) groups is 1. The number of carbonyl (C=O) groups excluding carboxylic acids is 1. The van der Waals surface area contributed by atoms with Crippen molar-refractivity contribution in [2.24, 2.45) is 0 Å². The van der Waals surface area contributed by atoms with Gasteiger partial charge < -0.3 is 10.6 Å². The van der Waals surface area contributed by atoms with E-state index in [1.54, 1.807) is 24.7 Å². The number of rotatable bonds is 4. The maximum atomic E-state index is 12.9. The van der Waals surface area contributed by atoms with Crippen molar-refractivity contribution >= 4 is 33.9 Å². The molecular formula is C25H24N4O. The van der Waals surface area contributed by atoms with Crippen LogP contribution in [-0.2, 0) is 5.41 Å². The number of para-hydroxylation sites is 2. The number of nitrogens with zero attached hydrogens (tertiary/aromatic N) is 2.